The Balaban J connectivity index is 1.49. The zero-order chi connectivity index (χ0) is 21.6. The van der Waals surface area contributed by atoms with E-state index in [1.165, 1.54) is 11.1 Å². The number of nitrogens with one attached hydrogen (secondary N) is 1. The molecule has 2 aromatic carbocycles. The van der Waals surface area contributed by atoms with Gasteiger partial charge in [-0.2, -0.15) is 10.2 Å². The van der Waals surface area contributed by atoms with Crippen LogP contribution in [-0.4, -0.2) is 28.7 Å². The van der Waals surface area contributed by atoms with Crippen molar-refractivity contribution in [3.8, 4) is 34.7 Å². The fourth-order valence-corrected chi connectivity index (χ4v) is 4.69. The fraction of sp³-hybridized carbons (Fsp3) is 0.333. The first-order valence-corrected chi connectivity index (χ1v) is 10.4. The Hall–Kier alpha value is -3.66. The van der Waals surface area contributed by atoms with Gasteiger partial charge in [0.05, 0.1) is 11.7 Å². The Kier molecular flexibility index (Phi) is 4.51. The van der Waals surface area contributed by atoms with E-state index in [1.807, 2.05) is 32.0 Å². The van der Waals surface area contributed by atoms with Crippen LogP contribution in [0.2, 0.25) is 0 Å². The molecule has 1 N–H and O–H groups in total. The number of ether oxygens (including phenoxy) is 1. The maximum Gasteiger partial charge on any atom is 0.258 e. The largest absolute Gasteiger partial charge is 0.490 e. The minimum Gasteiger partial charge on any atom is -0.490 e. The van der Waals surface area contributed by atoms with E-state index in [0.29, 0.717) is 41.6 Å². The van der Waals surface area contributed by atoms with Gasteiger partial charge < -0.3 is 14.6 Å². The lowest BCUT2D eigenvalue weighted by Gasteiger charge is -2.22. The third-order valence-electron chi connectivity index (χ3n) is 6.10. The van der Waals surface area contributed by atoms with E-state index in [0.717, 1.165) is 18.4 Å². The average Bonchev–Trinajstić information content (AvgIpc) is 3.48. The number of hydrogen-bond donors (Lipinski definition) is 1. The number of rotatable bonds is 4. The van der Waals surface area contributed by atoms with Crippen molar-refractivity contribution in [1.82, 2.24) is 15.5 Å². The van der Waals surface area contributed by atoms with Crippen LogP contribution in [0.5, 0.6) is 5.75 Å². The van der Waals surface area contributed by atoms with Gasteiger partial charge in [0, 0.05) is 29.5 Å². The van der Waals surface area contributed by atoms with Crippen molar-refractivity contribution in [3.63, 3.8) is 0 Å². The van der Waals surface area contributed by atoms with Crippen LogP contribution in [0.4, 0.5) is 0 Å². The number of nitriles is 1. The molecule has 31 heavy (non-hydrogen) atoms. The van der Waals surface area contributed by atoms with Crippen LogP contribution < -0.4 is 10.1 Å². The van der Waals surface area contributed by atoms with Gasteiger partial charge in [-0.1, -0.05) is 23.4 Å². The summed E-state index contributed by atoms with van der Waals surface area (Å²) in [6.45, 7) is 4.51. The quantitative estimate of drug-likeness (QED) is 0.697. The number of fused-ring (bicyclic) bond motifs is 2. The summed E-state index contributed by atoms with van der Waals surface area (Å²) in [5, 5.41) is 16.7. The minimum absolute atomic E-state index is 0.0261. The molecule has 3 aromatic rings. The highest BCUT2D eigenvalue weighted by molar-refractivity contribution is 5.82. The number of carbonyl (C=O) groups excluding carboxylic acids is 1. The van der Waals surface area contributed by atoms with Gasteiger partial charge in [0.25, 0.3) is 5.89 Å². The third-order valence-corrected chi connectivity index (χ3v) is 6.10. The first-order chi connectivity index (χ1) is 15.0. The van der Waals surface area contributed by atoms with Gasteiger partial charge in [0.2, 0.25) is 11.7 Å². The van der Waals surface area contributed by atoms with Crippen molar-refractivity contribution >= 4 is 5.91 Å². The summed E-state index contributed by atoms with van der Waals surface area (Å²) in [5.74, 6) is 1.51. The minimum atomic E-state index is -0.122. The summed E-state index contributed by atoms with van der Waals surface area (Å²) in [5.41, 5.74) is 4.29. The molecular weight excluding hydrogens is 392 g/mol. The maximum absolute atomic E-state index is 11.9. The number of hydrogen-bond acceptors (Lipinski definition) is 6. The first kappa shape index (κ1) is 19.3. The molecule has 1 atom stereocenters. The molecule has 1 aliphatic carbocycles. The predicted molar refractivity (Wildman–Crippen MR) is 113 cm³/mol. The second-order valence-corrected chi connectivity index (χ2v) is 8.48. The molecule has 1 saturated heterocycles. The summed E-state index contributed by atoms with van der Waals surface area (Å²) in [7, 11) is 0. The van der Waals surface area contributed by atoms with Gasteiger partial charge in [0.1, 0.15) is 11.8 Å². The molecule has 1 fully saturated rings. The Morgan fingerprint density at radius 3 is 2.90 bits per heavy atom. The molecule has 1 amide bonds. The summed E-state index contributed by atoms with van der Waals surface area (Å²) in [4.78, 5) is 16.5. The number of benzene rings is 2. The van der Waals surface area contributed by atoms with E-state index in [4.69, 9.17) is 9.26 Å². The van der Waals surface area contributed by atoms with Crippen molar-refractivity contribution in [2.24, 2.45) is 0 Å². The summed E-state index contributed by atoms with van der Waals surface area (Å²) >= 11 is 0. The lowest BCUT2D eigenvalue weighted by molar-refractivity contribution is -0.119. The second kappa shape index (κ2) is 7.24. The highest BCUT2D eigenvalue weighted by Crippen LogP contribution is 2.46. The molecule has 156 valence electrons. The molecule has 1 spiro atoms. The lowest BCUT2D eigenvalue weighted by Crippen LogP contribution is -2.25. The number of nitrogens with zero attached hydrogens (tertiary/aromatic N) is 3. The Morgan fingerprint density at radius 1 is 1.29 bits per heavy atom. The number of amides is 1. The molecule has 5 rings (SSSR count). The van der Waals surface area contributed by atoms with Crippen molar-refractivity contribution in [3.05, 3.63) is 53.1 Å². The van der Waals surface area contributed by atoms with Gasteiger partial charge in [-0.15, -0.1) is 0 Å². The van der Waals surface area contributed by atoms with Crippen LogP contribution in [0.3, 0.4) is 0 Å². The smallest absolute Gasteiger partial charge is 0.258 e. The van der Waals surface area contributed by atoms with E-state index < -0.39 is 0 Å². The number of aromatic nitrogens is 2. The van der Waals surface area contributed by atoms with Crippen molar-refractivity contribution in [1.29, 1.82) is 5.26 Å². The van der Waals surface area contributed by atoms with Gasteiger partial charge in [-0.05, 0) is 56.0 Å². The van der Waals surface area contributed by atoms with Gasteiger partial charge >= 0.3 is 0 Å². The Morgan fingerprint density at radius 2 is 2.16 bits per heavy atom. The van der Waals surface area contributed by atoms with Crippen LogP contribution in [0.15, 0.2) is 40.9 Å². The fourth-order valence-electron chi connectivity index (χ4n) is 4.69. The molecule has 7 nitrogen and oxygen atoms in total. The molecule has 2 aliphatic rings. The van der Waals surface area contributed by atoms with Crippen molar-refractivity contribution in [2.75, 3.05) is 6.54 Å². The Bertz CT molecular complexity index is 1220. The van der Waals surface area contributed by atoms with Gasteiger partial charge in [-0.3, -0.25) is 4.79 Å². The Labute approximate surface area is 180 Å². The van der Waals surface area contributed by atoms with E-state index >= 15 is 0 Å². The molecule has 1 aliphatic heterocycles. The summed E-state index contributed by atoms with van der Waals surface area (Å²) in [6.07, 6.45) is 2.32. The molecule has 1 unspecified atom stereocenters. The highest BCUT2D eigenvalue weighted by Gasteiger charge is 2.45. The van der Waals surface area contributed by atoms with E-state index in [9.17, 15) is 10.1 Å². The third kappa shape index (κ3) is 3.25. The van der Waals surface area contributed by atoms with Crippen LogP contribution in [0.25, 0.3) is 22.8 Å². The molecule has 0 saturated carbocycles. The topological polar surface area (TPSA) is 101 Å². The molecule has 7 heteroatoms. The second-order valence-electron chi connectivity index (χ2n) is 8.48. The van der Waals surface area contributed by atoms with Crippen molar-refractivity contribution < 1.29 is 14.1 Å². The first-order valence-electron chi connectivity index (χ1n) is 10.4. The maximum atomic E-state index is 11.9. The van der Waals surface area contributed by atoms with Crippen LogP contribution in [-0.2, 0) is 16.6 Å². The van der Waals surface area contributed by atoms with E-state index in [2.05, 4.69) is 27.6 Å². The van der Waals surface area contributed by atoms with E-state index in [-0.39, 0.29) is 17.4 Å². The van der Waals surface area contributed by atoms with E-state index in [1.54, 1.807) is 12.1 Å². The zero-order valence-electron chi connectivity index (χ0n) is 17.4. The van der Waals surface area contributed by atoms with Crippen LogP contribution in [0, 0.1) is 11.3 Å². The molecule has 2 heterocycles. The standard InChI is InChI=1S/C24H22N4O3/c1-14(2)30-20-7-6-15(10-16(20)12-25)23-27-22(28-31-23)18-4-3-5-19-17(18)8-9-24(19)11-21(29)26-13-24/h3-7,10,14H,8-9,11,13H2,1-2H3,(H,26,29). The number of carbonyl (C=O) groups is 1. The van der Waals surface area contributed by atoms with Crippen molar-refractivity contribution in [2.45, 2.75) is 44.6 Å². The monoisotopic (exact) mass is 414 g/mol. The summed E-state index contributed by atoms with van der Waals surface area (Å²) in [6, 6.07) is 13.5. The summed E-state index contributed by atoms with van der Waals surface area (Å²) < 4.78 is 11.2. The lowest BCUT2D eigenvalue weighted by atomic mass is 9.81. The normalized spacial score (nSPS) is 19.5. The van der Waals surface area contributed by atoms with Crippen LogP contribution >= 0.6 is 0 Å². The van der Waals surface area contributed by atoms with Gasteiger partial charge in [-0.25, -0.2) is 0 Å². The highest BCUT2D eigenvalue weighted by atomic mass is 16.5. The average molecular weight is 414 g/mol. The molecule has 0 radical (unpaired) electrons. The van der Waals surface area contributed by atoms with Crippen LogP contribution in [0.1, 0.15) is 43.4 Å². The molecule has 0 bridgehead atoms. The van der Waals surface area contributed by atoms with Gasteiger partial charge in [0.15, 0.2) is 0 Å². The molecule has 1 aromatic heterocycles. The zero-order valence-corrected chi connectivity index (χ0v) is 17.4. The predicted octanol–water partition coefficient (Wildman–Crippen LogP) is 3.77. The molecular formula is C24H22N4O3. The SMILES string of the molecule is CC(C)Oc1ccc(-c2nc(-c3cccc4c3CCC43CNC(=O)C3)no2)cc1C#N.